The van der Waals surface area contributed by atoms with Crippen molar-refractivity contribution in [3.8, 4) is 6.07 Å². The Labute approximate surface area is 133 Å². The van der Waals surface area contributed by atoms with Crippen LogP contribution in [0.1, 0.15) is 15.9 Å². The summed E-state index contributed by atoms with van der Waals surface area (Å²) in [4.78, 5) is 12.4. The number of nitrogens with zero attached hydrogens (tertiary/aromatic N) is 1. The van der Waals surface area contributed by atoms with Crippen molar-refractivity contribution in [1.29, 1.82) is 5.26 Å². The molecule has 20 heavy (non-hydrogen) atoms. The van der Waals surface area contributed by atoms with Gasteiger partial charge in [0.15, 0.2) is 0 Å². The number of nitriles is 1. The van der Waals surface area contributed by atoms with Gasteiger partial charge in [0.1, 0.15) is 6.07 Å². The zero-order valence-corrected chi connectivity index (χ0v) is 13.1. The molecule has 2 aromatic rings. The predicted octanol–water partition coefficient (Wildman–Crippen LogP) is 4.82. The molecule has 0 fully saturated rings. The maximum Gasteiger partial charge on any atom is 0.336 e. The molecule has 2 rings (SSSR count). The lowest BCUT2D eigenvalue weighted by Crippen LogP contribution is -1.98. The van der Waals surface area contributed by atoms with Crippen molar-refractivity contribution in [3.63, 3.8) is 0 Å². The molecule has 0 spiro atoms. The summed E-state index contributed by atoms with van der Waals surface area (Å²) in [7, 11) is 0. The maximum absolute atomic E-state index is 11.2. The molecule has 0 bridgehead atoms. The molecule has 0 aliphatic carbocycles. The topological polar surface area (TPSA) is 61.1 Å². The molecular weight excluding hydrogens is 362 g/mol. The zero-order chi connectivity index (χ0) is 14.7. The normalized spacial score (nSPS) is 10.1. The highest BCUT2D eigenvalue weighted by molar-refractivity contribution is 9.10. The van der Waals surface area contributed by atoms with Crippen LogP contribution in [0.3, 0.4) is 0 Å². The van der Waals surface area contributed by atoms with Crippen LogP contribution in [-0.2, 0) is 0 Å². The minimum atomic E-state index is -1.01. The van der Waals surface area contributed by atoms with E-state index in [4.69, 9.17) is 16.9 Å². The lowest BCUT2D eigenvalue weighted by Gasteiger charge is -2.08. The Bertz CT molecular complexity index is 728. The predicted molar refractivity (Wildman–Crippen MR) is 81.4 cm³/mol. The zero-order valence-electron chi connectivity index (χ0n) is 9.93. The van der Waals surface area contributed by atoms with Crippen LogP contribution >= 0.6 is 39.3 Å². The molecule has 0 aliphatic rings. The largest absolute Gasteiger partial charge is 0.478 e. The second kappa shape index (κ2) is 6.31. The standard InChI is InChI=1S/C14H7BrClNO2S/c15-9-2-4-11(14(18)19)13(5-9)20-12-6-10(16)3-1-8(12)7-17/h1-6H,(H,18,19). The molecule has 3 nitrogen and oxygen atoms in total. The van der Waals surface area contributed by atoms with E-state index >= 15 is 0 Å². The van der Waals surface area contributed by atoms with Gasteiger partial charge in [-0.1, -0.05) is 39.3 Å². The first-order valence-electron chi connectivity index (χ1n) is 5.41. The van der Waals surface area contributed by atoms with E-state index in [2.05, 4.69) is 22.0 Å². The molecule has 0 amide bonds. The third-order valence-electron chi connectivity index (χ3n) is 2.46. The van der Waals surface area contributed by atoms with Crippen molar-refractivity contribution in [2.75, 3.05) is 0 Å². The number of aromatic carboxylic acids is 1. The summed E-state index contributed by atoms with van der Waals surface area (Å²) in [6.45, 7) is 0. The molecule has 0 saturated carbocycles. The smallest absolute Gasteiger partial charge is 0.336 e. The van der Waals surface area contributed by atoms with Crippen LogP contribution in [0.2, 0.25) is 5.02 Å². The summed E-state index contributed by atoms with van der Waals surface area (Å²) >= 11 is 10.4. The molecule has 0 aliphatic heterocycles. The Hall–Kier alpha value is -1.48. The summed E-state index contributed by atoms with van der Waals surface area (Å²) in [6, 6.07) is 11.8. The van der Waals surface area contributed by atoms with Gasteiger partial charge in [0.2, 0.25) is 0 Å². The number of rotatable bonds is 3. The van der Waals surface area contributed by atoms with Gasteiger partial charge in [0.25, 0.3) is 0 Å². The number of carboxylic acid groups (broad SMARTS) is 1. The molecule has 0 radical (unpaired) electrons. The maximum atomic E-state index is 11.2. The summed E-state index contributed by atoms with van der Waals surface area (Å²) in [6.07, 6.45) is 0. The van der Waals surface area contributed by atoms with Gasteiger partial charge >= 0.3 is 5.97 Å². The van der Waals surface area contributed by atoms with Gasteiger partial charge in [0, 0.05) is 19.3 Å². The van der Waals surface area contributed by atoms with Crippen molar-refractivity contribution in [2.45, 2.75) is 9.79 Å². The Morgan fingerprint density at radius 2 is 2.00 bits per heavy atom. The van der Waals surface area contributed by atoms with Crippen molar-refractivity contribution >= 4 is 45.3 Å². The van der Waals surface area contributed by atoms with Crippen LogP contribution in [0.5, 0.6) is 0 Å². The molecule has 0 atom stereocenters. The van der Waals surface area contributed by atoms with Crippen LogP contribution in [0, 0.1) is 11.3 Å². The van der Waals surface area contributed by atoms with Crippen molar-refractivity contribution in [2.24, 2.45) is 0 Å². The average molecular weight is 369 g/mol. The van der Waals surface area contributed by atoms with Gasteiger partial charge in [-0.2, -0.15) is 5.26 Å². The van der Waals surface area contributed by atoms with Gasteiger partial charge in [-0.3, -0.25) is 0 Å². The number of carboxylic acids is 1. The van der Waals surface area contributed by atoms with Gasteiger partial charge in [-0.25, -0.2) is 4.79 Å². The van der Waals surface area contributed by atoms with Crippen LogP contribution in [0.25, 0.3) is 0 Å². The van der Waals surface area contributed by atoms with Crippen molar-refractivity contribution < 1.29 is 9.90 Å². The Balaban J connectivity index is 2.50. The second-order valence-electron chi connectivity index (χ2n) is 3.80. The summed E-state index contributed by atoms with van der Waals surface area (Å²) < 4.78 is 0.769. The lowest BCUT2D eigenvalue weighted by molar-refractivity contribution is 0.0693. The fraction of sp³-hybridized carbons (Fsp3) is 0. The molecule has 0 unspecified atom stereocenters. The highest BCUT2D eigenvalue weighted by Gasteiger charge is 2.13. The van der Waals surface area contributed by atoms with Gasteiger partial charge in [-0.05, 0) is 36.4 Å². The molecule has 0 aromatic heterocycles. The quantitative estimate of drug-likeness (QED) is 0.843. The number of carbonyl (C=O) groups is 1. The monoisotopic (exact) mass is 367 g/mol. The van der Waals surface area contributed by atoms with Gasteiger partial charge in [-0.15, -0.1) is 0 Å². The van der Waals surface area contributed by atoms with E-state index in [1.807, 2.05) is 0 Å². The first-order chi connectivity index (χ1) is 9.51. The van der Waals surface area contributed by atoms with Gasteiger partial charge in [0.05, 0.1) is 11.1 Å². The SMILES string of the molecule is N#Cc1ccc(Cl)cc1Sc1cc(Br)ccc1C(=O)O. The van der Waals surface area contributed by atoms with Crippen molar-refractivity contribution in [1.82, 2.24) is 0 Å². The minimum absolute atomic E-state index is 0.182. The Kier molecular flexibility index (Phi) is 4.71. The molecule has 0 saturated heterocycles. The lowest BCUT2D eigenvalue weighted by atomic mass is 10.2. The number of benzene rings is 2. The first-order valence-corrected chi connectivity index (χ1v) is 7.40. The highest BCUT2D eigenvalue weighted by Crippen LogP contribution is 2.35. The van der Waals surface area contributed by atoms with Crippen LogP contribution < -0.4 is 0 Å². The highest BCUT2D eigenvalue weighted by atomic mass is 79.9. The molecule has 2 aromatic carbocycles. The van der Waals surface area contributed by atoms with Gasteiger partial charge < -0.3 is 5.11 Å². The fourth-order valence-corrected chi connectivity index (χ4v) is 3.40. The number of hydrogen-bond acceptors (Lipinski definition) is 3. The van der Waals surface area contributed by atoms with Crippen LogP contribution in [0.15, 0.2) is 50.7 Å². The summed E-state index contributed by atoms with van der Waals surface area (Å²) in [5, 5.41) is 18.8. The molecule has 0 heterocycles. The summed E-state index contributed by atoms with van der Waals surface area (Å²) in [5.74, 6) is -1.01. The fourth-order valence-electron chi connectivity index (χ4n) is 1.55. The van der Waals surface area contributed by atoms with Crippen LogP contribution in [-0.4, -0.2) is 11.1 Å². The molecule has 100 valence electrons. The molecule has 1 N–H and O–H groups in total. The first kappa shape index (κ1) is 14.9. The Morgan fingerprint density at radius 3 is 2.65 bits per heavy atom. The molecular formula is C14H7BrClNO2S. The molecule has 6 heteroatoms. The van der Waals surface area contributed by atoms with E-state index in [0.717, 1.165) is 4.47 Å². The van der Waals surface area contributed by atoms with Crippen molar-refractivity contribution in [3.05, 3.63) is 57.0 Å². The average Bonchev–Trinajstić information content (AvgIpc) is 2.38. The van der Waals surface area contributed by atoms with E-state index in [1.165, 1.54) is 17.8 Å². The second-order valence-corrected chi connectivity index (χ2v) is 6.24. The summed E-state index contributed by atoms with van der Waals surface area (Å²) in [5.41, 5.74) is 0.637. The van der Waals surface area contributed by atoms with E-state index in [1.54, 1.807) is 30.3 Å². The van der Waals surface area contributed by atoms with E-state index in [9.17, 15) is 9.90 Å². The third-order valence-corrected chi connectivity index (χ3v) is 4.30. The van der Waals surface area contributed by atoms with Crippen LogP contribution in [0.4, 0.5) is 0 Å². The number of hydrogen-bond donors (Lipinski definition) is 1. The number of halogens is 2. The van der Waals surface area contributed by atoms with E-state index in [-0.39, 0.29) is 5.56 Å². The third kappa shape index (κ3) is 3.34. The Morgan fingerprint density at radius 1 is 1.25 bits per heavy atom. The van der Waals surface area contributed by atoms with E-state index < -0.39 is 5.97 Å². The van der Waals surface area contributed by atoms with E-state index in [0.29, 0.717) is 20.4 Å². The minimum Gasteiger partial charge on any atom is -0.478 e.